The fourth-order valence-corrected chi connectivity index (χ4v) is 3.07. The second-order valence-electron chi connectivity index (χ2n) is 6.14. The molecule has 1 N–H and O–H groups in total. The fraction of sp³-hybridized carbons (Fsp3) is 0.556. The average Bonchev–Trinajstić information content (AvgIpc) is 2.60. The predicted molar refractivity (Wildman–Crippen MR) is 92.5 cm³/mol. The number of rotatable bonds is 6. The van der Waals surface area contributed by atoms with Gasteiger partial charge >= 0.3 is 5.97 Å². The van der Waals surface area contributed by atoms with Gasteiger partial charge in [-0.25, -0.2) is 4.79 Å². The topological polar surface area (TPSA) is 64.6 Å². The number of halogens is 1. The fourth-order valence-electron chi connectivity index (χ4n) is 2.90. The molecule has 132 valence electrons. The van der Waals surface area contributed by atoms with Crippen molar-refractivity contribution in [3.05, 3.63) is 28.8 Å². The van der Waals surface area contributed by atoms with Crippen molar-refractivity contribution >= 4 is 23.5 Å². The minimum absolute atomic E-state index is 0.205. The van der Waals surface area contributed by atoms with Crippen LogP contribution in [0.5, 0.6) is 5.75 Å². The van der Waals surface area contributed by atoms with Gasteiger partial charge in [0.25, 0.3) is 5.91 Å². The summed E-state index contributed by atoms with van der Waals surface area (Å²) in [6.07, 6.45) is 5.14. The SMILES string of the molecule is COc1ccc(Cl)cc1C(=O)O[C@@H](C)C(=O)NCC1CCCCC1. The largest absolute Gasteiger partial charge is 0.496 e. The Hall–Kier alpha value is -1.75. The minimum Gasteiger partial charge on any atom is -0.496 e. The van der Waals surface area contributed by atoms with E-state index >= 15 is 0 Å². The highest BCUT2D eigenvalue weighted by Gasteiger charge is 2.22. The Balaban J connectivity index is 1.88. The summed E-state index contributed by atoms with van der Waals surface area (Å²) >= 11 is 5.91. The van der Waals surface area contributed by atoms with Gasteiger partial charge in [0.15, 0.2) is 6.10 Å². The maximum absolute atomic E-state index is 12.3. The summed E-state index contributed by atoms with van der Waals surface area (Å²) in [5, 5.41) is 3.28. The van der Waals surface area contributed by atoms with Crippen molar-refractivity contribution in [3.8, 4) is 5.75 Å². The molecule has 1 fully saturated rings. The molecule has 0 spiro atoms. The van der Waals surface area contributed by atoms with Crippen LogP contribution < -0.4 is 10.1 Å². The van der Waals surface area contributed by atoms with Crippen molar-refractivity contribution in [2.75, 3.05) is 13.7 Å². The first-order valence-corrected chi connectivity index (χ1v) is 8.71. The molecule has 0 saturated heterocycles. The summed E-state index contributed by atoms with van der Waals surface area (Å²) in [7, 11) is 1.46. The van der Waals surface area contributed by atoms with E-state index in [2.05, 4.69) is 5.32 Å². The Kier molecular flexibility index (Phi) is 6.91. The highest BCUT2D eigenvalue weighted by molar-refractivity contribution is 6.31. The monoisotopic (exact) mass is 353 g/mol. The minimum atomic E-state index is -0.871. The van der Waals surface area contributed by atoms with Gasteiger partial charge in [0.2, 0.25) is 0 Å². The number of carbonyl (C=O) groups excluding carboxylic acids is 2. The van der Waals surface area contributed by atoms with Gasteiger partial charge < -0.3 is 14.8 Å². The molecule has 0 bridgehead atoms. The van der Waals surface area contributed by atoms with Crippen LogP contribution in [-0.2, 0) is 9.53 Å². The first-order chi connectivity index (χ1) is 11.5. The number of esters is 1. The molecule has 1 aliphatic carbocycles. The molecule has 0 unspecified atom stereocenters. The van der Waals surface area contributed by atoms with E-state index in [1.165, 1.54) is 32.4 Å². The van der Waals surface area contributed by atoms with E-state index < -0.39 is 12.1 Å². The molecule has 2 rings (SSSR count). The molecule has 1 atom stereocenters. The van der Waals surface area contributed by atoms with Gasteiger partial charge in [0, 0.05) is 11.6 Å². The van der Waals surface area contributed by atoms with E-state index in [4.69, 9.17) is 21.1 Å². The van der Waals surface area contributed by atoms with Crippen molar-refractivity contribution in [3.63, 3.8) is 0 Å². The number of hydrogen-bond acceptors (Lipinski definition) is 4. The van der Waals surface area contributed by atoms with Crippen molar-refractivity contribution in [1.29, 1.82) is 0 Å². The van der Waals surface area contributed by atoms with Gasteiger partial charge in [-0.15, -0.1) is 0 Å². The molecule has 5 nitrogen and oxygen atoms in total. The second kappa shape index (κ2) is 8.92. The molecule has 0 heterocycles. The van der Waals surface area contributed by atoms with Gasteiger partial charge in [-0.3, -0.25) is 4.79 Å². The van der Waals surface area contributed by atoms with Crippen LogP contribution >= 0.6 is 11.6 Å². The maximum Gasteiger partial charge on any atom is 0.342 e. The molecule has 1 saturated carbocycles. The number of methoxy groups -OCH3 is 1. The lowest BCUT2D eigenvalue weighted by atomic mass is 9.89. The van der Waals surface area contributed by atoms with Gasteiger partial charge in [-0.05, 0) is 43.9 Å². The lowest BCUT2D eigenvalue weighted by molar-refractivity contribution is -0.129. The van der Waals surface area contributed by atoms with Crippen LogP contribution in [0.4, 0.5) is 0 Å². The van der Waals surface area contributed by atoms with Crippen molar-refractivity contribution in [1.82, 2.24) is 5.32 Å². The normalized spacial score (nSPS) is 16.3. The molecule has 1 aliphatic rings. The first-order valence-electron chi connectivity index (χ1n) is 8.33. The standard InChI is InChI=1S/C18H24ClNO4/c1-12(17(21)20-11-13-6-4-3-5-7-13)24-18(22)15-10-14(19)8-9-16(15)23-2/h8-10,12-13H,3-7,11H2,1-2H3,(H,20,21)/t12-/m0/s1. The number of hydrogen-bond donors (Lipinski definition) is 1. The van der Waals surface area contributed by atoms with E-state index in [1.54, 1.807) is 19.1 Å². The summed E-state index contributed by atoms with van der Waals surface area (Å²) in [5.41, 5.74) is 0.205. The first kappa shape index (κ1) is 18.6. The number of nitrogens with one attached hydrogen (secondary N) is 1. The third-order valence-corrected chi connectivity index (χ3v) is 4.56. The Bertz CT molecular complexity index is 584. The van der Waals surface area contributed by atoms with E-state index in [9.17, 15) is 9.59 Å². The molecular formula is C18H24ClNO4. The molecule has 0 aromatic heterocycles. The zero-order valence-corrected chi connectivity index (χ0v) is 14.9. The number of carbonyl (C=O) groups is 2. The lowest BCUT2D eigenvalue weighted by Crippen LogP contribution is -2.38. The smallest absolute Gasteiger partial charge is 0.342 e. The number of benzene rings is 1. The summed E-state index contributed by atoms with van der Waals surface area (Å²) in [6, 6.07) is 4.68. The van der Waals surface area contributed by atoms with Gasteiger partial charge in [-0.2, -0.15) is 0 Å². The van der Waals surface area contributed by atoms with E-state index in [-0.39, 0.29) is 11.5 Å². The van der Waals surface area contributed by atoms with Gasteiger partial charge in [-0.1, -0.05) is 30.9 Å². The van der Waals surface area contributed by atoms with Crippen molar-refractivity contribution in [2.45, 2.75) is 45.1 Å². The summed E-state index contributed by atoms with van der Waals surface area (Å²) in [6.45, 7) is 2.20. The average molecular weight is 354 g/mol. The molecule has 1 aromatic rings. The zero-order valence-electron chi connectivity index (χ0n) is 14.1. The molecule has 24 heavy (non-hydrogen) atoms. The number of ether oxygens (including phenoxy) is 2. The van der Waals surface area contributed by atoms with E-state index in [1.807, 2.05) is 0 Å². The Morgan fingerprint density at radius 1 is 1.29 bits per heavy atom. The van der Waals surface area contributed by atoms with Crippen LogP contribution in [0.3, 0.4) is 0 Å². The predicted octanol–water partition coefficient (Wildman–Crippen LogP) is 3.59. The number of amides is 1. The maximum atomic E-state index is 12.3. The van der Waals surface area contributed by atoms with Crippen LogP contribution in [0.1, 0.15) is 49.4 Å². The molecule has 6 heteroatoms. The van der Waals surface area contributed by atoms with E-state index in [0.717, 1.165) is 12.8 Å². The third kappa shape index (κ3) is 5.13. The quantitative estimate of drug-likeness (QED) is 0.794. The Morgan fingerprint density at radius 2 is 2.00 bits per heavy atom. The Labute approximate surface area is 147 Å². The van der Waals surface area contributed by atoms with E-state index in [0.29, 0.717) is 23.2 Å². The summed E-state index contributed by atoms with van der Waals surface area (Å²) in [4.78, 5) is 24.4. The van der Waals surface area contributed by atoms with Gasteiger partial charge in [0.05, 0.1) is 7.11 Å². The summed E-state index contributed by atoms with van der Waals surface area (Å²) < 4.78 is 10.4. The third-order valence-electron chi connectivity index (χ3n) is 4.32. The molecule has 0 radical (unpaired) electrons. The van der Waals surface area contributed by atoms with Crippen LogP contribution in [0.25, 0.3) is 0 Å². The van der Waals surface area contributed by atoms with Crippen molar-refractivity contribution < 1.29 is 19.1 Å². The highest BCUT2D eigenvalue weighted by atomic mass is 35.5. The lowest BCUT2D eigenvalue weighted by Gasteiger charge is -2.22. The van der Waals surface area contributed by atoms with Crippen LogP contribution in [0.2, 0.25) is 5.02 Å². The summed E-state index contributed by atoms with van der Waals surface area (Å²) in [5.74, 6) is -0.0255. The van der Waals surface area contributed by atoms with Crippen molar-refractivity contribution in [2.24, 2.45) is 5.92 Å². The van der Waals surface area contributed by atoms with Crippen LogP contribution in [-0.4, -0.2) is 31.6 Å². The second-order valence-corrected chi connectivity index (χ2v) is 6.58. The zero-order chi connectivity index (χ0) is 17.5. The molecule has 1 amide bonds. The van der Waals surface area contributed by atoms with Crippen LogP contribution in [0, 0.1) is 5.92 Å². The molecular weight excluding hydrogens is 330 g/mol. The van der Waals surface area contributed by atoms with Gasteiger partial charge in [0.1, 0.15) is 11.3 Å². The molecule has 0 aliphatic heterocycles. The highest BCUT2D eigenvalue weighted by Crippen LogP contribution is 2.24. The van der Waals surface area contributed by atoms with Crippen LogP contribution in [0.15, 0.2) is 18.2 Å². The molecule has 1 aromatic carbocycles. The Morgan fingerprint density at radius 3 is 2.67 bits per heavy atom.